The van der Waals surface area contributed by atoms with Gasteiger partial charge in [0.25, 0.3) is 0 Å². The van der Waals surface area contributed by atoms with Gasteiger partial charge in [0, 0.05) is 24.7 Å². The molecule has 0 saturated carbocycles. The van der Waals surface area contributed by atoms with Crippen LogP contribution < -0.4 is 5.73 Å². The first kappa shape index (κ1) is 15.2. The van der Waals surface area contributed by atoms with Crippen LogP contribution in [0.4, 0.5) is 13.2 Å². The van der Waals surface area contributed by atoms with Gasteiger partial charge in [-0.2, -0.15) is 13.2 Å². The van der Waals surface area contributed by atoms with Gasteiger partial charge >= 0.3 is 6.18 Å². The molecular weight excluding hydrogens is 281 g/mol. The zero-order chi connectivity index (χ0) is 15.5. The van der Waals surface area contributed by atoms with Crippen molar-refractivity contribution in [1.82, 2.24) is 4.98 Å². The third kappa shape index (κ3) is 3.88. The van der Waals surface area contributed by atoms with E-state index in [0.717, 1.165) is 12.1 Å². The Labute approximate surface area is 119 Å². The first-order valence-electron chi connectivity index (χ1n) is 6.24. The quantitative estimate of drug-likeness (QED) is 0.882. The molecule has 0 fully saturated rings. The van der Waals surface area contributed by atoms with Crippen LogP contribution in [0.3, 0.4) is 0 Å². The van der Waals surface area contributed by atoms with E-state index < -0.39 is 11.7 Å². The lowest BCUT2D eigenvalue weighted by molar-refractivity contribution is -0.137. The molecule has 1 aromatic heterocycles. The van der Waals surface area contributed by atoms with Gasteiger partial charge in [0.2, 0.25) is 0 Å². The SMILES string of the molecule is NCc1cc(C(=O)Cc2cccc(C(F)(F)F)c2)ccn1. The molecule has 21 heavy (non-hydrogen) atoms. The van der Waals surface area contributed by atoms with Gasteiger partial charge < -0.3 is 5.73 Å². The number of hydrogen-bond acceptors (Lipinski definition) is 3. The molecule has 0 radical (unpaired) electrons. The fourth-order valence-corrected chi connectivity index (χ4v) is 1.91. The first-order chi connectivity index (χ1) is 9.90. The topological polar surface area (TPSA) is 56.0 Å². The van der Waals surface area contributed by atoms with Crippen molar-refractivity contribution in [3.63, 3.8) is 0 Å². The molecule has 0 aliphatic heterocycles. The summed E-state index contributed by atoms with van der Waals surface area (Å²) < 4.78 is 37.9. The number of carbonyl (C=O) groups is 1. The number of hydrogen-bond donors (Lipinski definition) is 1. The monoisotopic (exact) mass is 294 g/mol. The Kier molecular flexibility index (Phi) is 4.37. The number of rotatable bonds is 4. The first-order valence-corrected chi connectivity index (χ1v) is 6.24. The van der Waals surface area contributed by atoms with Crippen LogP contribution in [0.2, 0.25) is 0 Å². The molecule has 2 aromatic rings. The Hall–Kier alpha value is -2.21. The highest BCUT2D eigenvalue weighted by Gasteiger charge is 2.30. The number of ketones is 1. The minimum absolute atomic E-state index is 0.0993. The normalized spacial score (nSPS) is 11.4. The number of nitrogens with two attached hydrogens (primary N) is 1. The van der Waals surface area contributed by atoms with E-state index in [9.17, 15) is 18.0 Å². The van der Waals surface area contributed by atoms with Crippen molar-refractivity contribution < 1.29 is 18.0 Å². The zero-order valence-electron chi connectivity index (χ0n) is 11.0. The van der Waals surface area contributed by atoms with Crippen molar-refractivity contribution in [2.75, 3.05) is 0 Å². The molecule has 1 aromatic carbocycles. The summed E-state index contributed by atoms with van der Waals surface area (Å²) in [6.07, 6.45) is -3.05. The number of benzene rings is 1. The van der Waals surface area contributed by atoms with Crippen molar-refractivity contribution in [2.24, 2.45) is 5.73 Å². The van der Waals surface area contributed by atoms with Gasteiger partial charge in [-0.1, -0.05) is 18.2 Å². The number of halogens is 3. The Morgan fingerprint density at radius 2 is 1.95 bits per heavy atom. The summed E-state index contributed by atoms with van der Waals surface area (Å²) in [4.78, 5) is 16.1. The zero-order valence-corrected chi connectivity index (χ0v) is 11.0. The second kappa shape index (κ2) is 6.05. The van der Waals surface area contributed by atoms with Crippen molar-refractivity contribution >= 4 is 5.78 Å². The van der Waals surface area contributed by atoms with Crippen molar-refractivity contribution in [3.05, 3.63) is 65.0 Å². The third-order valence-electron chi connectivity index (χ3n) is 2.97. The van der Waals surface area contributed by atoms with Crippen LogP contribution in [-0.2, 0) is 19.1 Å². The summed E-state index contributed by atoms with van der Waals surface area (Å²) in [5.41, 5.74) is 5.95. The van der Waals surface area contributed by atoms with Gasteiger partial charge in [-0.15, -0.1) is 0 Å². The Morgan fingerprint density at radius 1 is 1.19 bits per heavy atom. The van der Waals surface area contributed by atoms with E-state index >= 15 is 0 Å². The second-order valence-electron chi connectivity index (χ2n) is 4.54. The van der Waals surface area contributed by atoms with Crippen LogP contribution in [0.1, 0.15) is 27.2 Å². The van der Waals surface area contributed by atoms with Gasteiger partial charge in [-0.25, -0.2) is 0 Å². The molecule has 0 spiro atoms. The largest absolute Gasteiger partial charge is 0.416 e. The smallest absolute Gasteiger partial charge is 0.325 e. The predicted molar refractivity (Wildman–Crippen MR) is 71.6 cm³/mol. The lowest BCUT2D eigenvalue weighted by atomic mass is 10.0. The number of nitrogens with zero attached hydrogens (tertiary/aromatic N) is 1. The van der Waals surface area contributed by atoms with E-state index in [2.05, 4.69) is 4.98 Å². The van der Waals surface area contributed by atoms with Gasteiger partial charge in [0.15, 0.2) is 5.78 Å². The van der Waals surface area contributed by atoms with Gasteiger partial charge in [0.1, 0.15) is 0 Å². The molecule has 2 N–H and O–H groups in total. The molecular formula is C15H13F3N2O. The predicted octanol–water partition coefficient (Wildman–Crippen LogP) is 2.98. The van der Waals surface area contributed by atoms with E-state index in [-0.39, 0.29) is 18.7 Å². The summed E-state index contributed by atoms with van der Waals surface area (Å²) in [6, 6.07) is 7.84. The number of carbonyl (C=O) groups excluding carboxylic acids is 1. The minimum atomic E-state index is -4.41. The molecule has 0 atom stereocenters. The number of aromatic nitrogens is 1. The van der Waals surface area contributed by atoms with Crippen LogP contribution >= 0.6 is 0 Å². The highest BCUT2D eigenvalue weighted by atomic mass is 19.4. The molecule has 0 bridgehead atoms. The molecule has 6 heteroatoms. The maximum absolute atomic E-state index is 12.6. The summed E-state index contributed by atoms with van der Waals surface area (Å²) in [5, 5.41) is 0. The molecule has 110 valence electrons. The average molecular weight is 294 g/mol. The van der Waals surface area contributed by atoms with Crippen molar-refractivity contribution in [1.29, 1.82) is 0 Å². The molecule has 0 unspecified atom stereocenters. The van der Waals surface area contributed by atoms with E-state index in [1.807, 2.05) is 0 Å². The minimum Gasteiger partial charge on any atom is -0.325 e. The Morgan fingerprint density at radius 3 is 2.62 bits per heavy atom. The summed E-state index contributed by atoms with van der Waals surface area (Å²) in [5.74, 6) is -0.272. The highest BCUT2D eigenvalue weighted by Crippen LogP contribution is 2.29. The number of pyridine rings is 1. The Bertz CT molecular complexity index is 653. The highest BCUT2D eigenvalue weighted by molar-refractivity contribution is 5.97. The summed E-state index contributed by atoms with van der Waals surface area (Å²) >= 11 is 0. The number of alkyl halides is 3. The van der Waals surface area contributed by atoms with Crippen LogP contribution in [0.25, 0.3) is 0 Å². The maximum Gasteiger partial charge on any atom is 0.416 e. The van der Waals surface area contributed by atoms with Crippen LogP contribution in [-0.4, -0.2) is 10.8 Å². The molecule has 3 nitrogen and oxygen atoms in total. The maximum atomic E-state index is 12.6. The second-order valence-corrected chi connectivity index (χ2v) is 4.54. The lowest BCUT2D eigenvalue weighted by Gasteiger charge is -2.08. The molecule has 0 aliphatic rings. The van der Waals surface area contributed by atoms with Crippen molar-refractivity contribution in [3.8, 4) is 0 Å². The average Bonchev–Trinajstić information content (AvgIpc) is 2.46. The van der Waals surface area contributed by atoms with E-state index in [0.29, 0.717) is 16.8 Å². The van der Waals surface area contributed by atoms with Crippen molar-refractivity contribution in [2.45, 2.75) is 19.1 Å². The Balaban J connectivity index is 2.19. The third-order valence-corrected chi connectivity index (χ3v) is 2.97. The van der Waals surface area contributed by atoms with E-state index in [1.165, 1.54) is 24.4 Å². The molecule has 0 amide bonds. The lowest BCUT2D eigenvalue weighted by Crippen LogP contribution is -2.09. The fraction of sp³-hybridized carbons (Fsp3) is 0.200. The van der Waals surface area contributed by atoms with Crippen LogP contribution in [0, 0.1) is 0 Å². The van der Waals surface area contributed by atoms with Crippen LogP contribution in [0.5, 0.6) is 0 Å². The summed E-state index contributed by atoms with van der Waals surface area (Å²) in [7, 11) is 0. The van der Waals surface area contributed by atoms with Crippen LogP contribution in [0.15, 0.2) is 42.6 Å². The van der Waals surface area contributed by atoms with Gasteiger partial charge in [0.05, 0.1) is 11.3 Å². The van der Waals surface area contributed by atoms with E-state index in [1.54, 1.807) is 6.07 Å². The summed E-state index contributed by atoms with van der Waals surface area (Å²) in [6.45, 7) is 0.199. The van der Waals surface area contributed by atoms with E-state index in [4.69, 9.17) is 5.73 Å². The molecule has 2 rings (SSSR count). The molecule has 1 heterocycles. The molecule has 0 saturated heterocycles. The fourth-order valence-electron chi connectivity index (χ4n) is 1.91. The van der Waals surface area contributed by atoms with Gasteiger partial charge in [-0.3, -0.25) is 9.78 Å². The van der Waals surface area contributed by atoms with Gasteiger partial charge in [-0.05, 0) is 23.8 Å². The standard InChI is InChI=1S/C15H13F3N2O/c16-15(17,18)12-3-1-2-10(6-12)7-14(21)11-4-5-20-13(8-11)9-19/h1-6,8H,7,9,19H2. The molecule has 0 aliphatic carbocycles. The number of Topliss-reactive ketones (excluding diaryl/α,β-unsaturated/α-hetero) is 1.